The Labute approximate surface area is 132 Å². The van der Waals surface area contributed by atoms with Gasteiger partial charge in [-0.05, 0) is 52.3 Å². The van der Waals surface area contributed by atoms with Crippen molar-refractivity contribution in [2.24, 2.45) is 5.73 Å². The molecule has 0 radical (unpaired) electrons. The molecule has 1 unspecified atom stereocenters. The molecule has 5 heteroatoms. The second kappa shape index (κ2) is 7.14. The first-order valence-corrected chi connectivity index (χ1v) is 7.57. The number of carbonyl (C=O) groups is 1. The van der Waals surface area contributed by atoms with Gasteiger partial charge in [0.05, 0.1) is 0 Å². The molecular formula is C16H25ClN2O2. The summed E-state index contributed by atoms with van der Waals surface area (Å²) in [6.07, 6.45) is 0.242. The number of rotatable bonds is 6. The lowest BCUT2D eigenvalue weighted by Crippen LogP contribution is -2.48. The van der Waals surface area contributed by atoms with Crippen LogP contribution in [0.2, 0.25) is 5.02 Å². The number of hydrogen-bond acceptors (Lipinski definition) is 3. The number of benzene rings is 1. The maximum absolute atomic E-state index is 12.2. The highest BCUT2D eigenvalue weighted by molar-refractivity contribution is 6.30. The molecule has 0 saturated heterocycles. The quantitative estimate of drug-likeness (QED) is 0.845. The number of nitrogens with two attached hydrogens (primary N) is 1. The van der Waals surface area contributed by atoms with Crippen LogP contribution in [0, 0.1) is 0 Å². The van der Waals surface area contributed by atoms with E-state index in [1.807, 2.05) is 27.7 Å². The van der Waals surface area contributed by atoms with Crippen LogP contribution in [0.3, 0.4) is 0 Å². The second-order valence-electron chi connectivity index (χ2n) is 5.96. The lowest BCUT2D eigenvalue weighted by atomic mass is 10.0. The summed E-state index contributed by atoms with van der Waals surface area (Å²) in [5.74, 6) is 0.443. The molecule has 0 aromatic heterocycles. The molecule has 1 aromatic carbocycles. The summed E-state index contributed by atoms with van der Waals surface area (Å²) in [6.45, 7) is 9.56. The van der Waals surface area contributed by atoms with Crippen molar-refractivity contribution < 1.29 is 9.53 Å². The molecule has 118 valence electrons. The Morgan fingerprint density at radius 2 is 2.05 bits per heavy atom. The number of halogens is 1. The van der Waals surface area contributed by atoms with Crippen LogP contribution in [0.25, 0.3) is 0 Å². The van der Waals surface area contributed by atoms with Gasteiger partial charge in [-0.25, -0.2) is 0 Å². The van der Waals surface area contributed by atoms with Crippen LogP contribution in [-0.4, -0.2) is 17.6 Å². The van der Waals surface area contributed by atoms with E-state index in [1.54, 1.807) is 25.1 Å². The smallest absolute Gasteiger partial charge is 0.261 e. The van der Waals surface area contributed by atoms with Crippen molar-refractivity contribution >= 4 is 17.5 Å². The van der Waals surface area contributed by atoms with Gasteiger partial charge in [0.25, 0.3) is 5.91 Å². The normalized spacial score (nSPS) is 14.4. The zero-order valence-corrected chi connectivity index (χ0v) is 14.1. The SMILES string of the molecule is CCC(C)(C)NC(=O)C(C)Oc1ccc(Cl)cc1[C@@H](C)N. The van der Waals surface area contributed by atoms with E-state index in [9.17, 15) is 4.79 Å². The molecule has 0 saturated carbocycles. The Morgan fingerprint density at radius 1 is 1.43 bits per heavy atom. The van der Waals surface area contributed by atoms with Gasteiger partial charge in [0, 0.05) is 22.2 Å². The number of nitrogens with one attached hydrogen (secondary N) is 1. The van der Waals surface area contributed by atoms with E-state index in [1.165, 1.54) is 0 Å². The Bertz CT molecular complexity index is 501. The number of ether oxygens (including phenoxy) is 1. The third-order valence-electron chi connectivity index (χ3n) is 3.48. The Morgan fingerprint density at radius 3 is 2.57 bits per heavy atom. The predicted molar refractivity (Wildman–Crippen MR) is 86.7 cm³/mol. The van der Waals surface area contributed by atoms with Gasteiger partial charge in [-0.15, -0.1) is 0 Å². The maximum Gasteiger partial charge on any atom is 0.261 e. The molecule has 0 spiro atoms. The minimum atomic E-state index is -0.602. The van der Waals surface area contributed by atoms with Gasteiger partial charge >= 0.3 is 0 Å². The third-order valence-corrected chi connectivity index (χ3v) is 3.72. The largest absolute Gasteiger partial charge is 0.481 e. The molecule has 0 aliphatic carbocycles. The van der Waals surface area contributed by atoms with Gasteiger partial charge in [0.2, 0.25) is 0 Å². The minimum Gasteiger partial charge on any atom is -0.481 e. The Balaban J connectivity index is 2.84. The van der Waals surface area contributed by atoms with E-state index in [0.29, 0.717) is 10.8 Å². The Kier molecular flexibility index (Phi) is 6.05. The van der Waals surface area contributed by atoms with Crippen LogP contribution in [0.4, 0.5) is 0 Å². The molecule has 1 aromatic rings. The Hall–Kier alpha value is -1.26. The van der Waals surface area contributed by atoms with Crippen LogP contribution in [0.5, 0.6) is 5.75 Å². The minimum absolute atomic E-state index is 0.146. The summed E-state index contributed by atoms with van der Waals surface area (Å²) in [5.41, 5.74) is 6.46. The molecule has 2 atom stereocenters. The molecule has 1 rings (SSSR count). The highest BCUT2D eigenvalue weighted by Crippen LogP contribution is 2.28. The zero-order valence-electron chi connectivity index (χ0n) is 13.4. The van der Waals surface area contributed by atoms with Crippen LogP contribution >= 0.6 is 11.6 Å². The molecule has 0 aliphatic heterocycles. The van der Waals surface area contributed by atoms with Crippen molar-refractivity contribution in [2.75, 3.05) is 0 Å². The van der Waals surface area contributed by atoms with E-state index in [0.717, 1.165) is 12.0 Å². The van der Waals surface area contributed by atoms with E-state index in [4.69, 9.17) is 22.1 Å². The fourth-order valence-electron chi connectivity index (χ4n) is 1.75. The standard InChI is InChI=1S/C16H25ClN2O2/c1-6-16(4,5)19-15(20)11(3)21-14-8-7-12(17)9-13(14)10(2)18/h7-11H,6,18H2,1-5H3,(H,19,20)/t10-,11?/m1/s1. The van der Waals surface area contributed by atoms with Crippen molar-refractivity contribution in [1.82, 2.24) is 5.32 Å². The van der Waals surface area contributed by atoms with E-state index in [2.05, 4.69) is 5.32 Å². The summed E-state index contributed by atoms with van der Waals surface area (Å²) in [5, 5.41) is 3.56. The van der Waals surface area contributed by atoms with Gasteiger partial charge in [-0.3, -0.25) is 4.79 Å². The zero-order chi connectivity index (χ0) is 16.2. The topological polar surface area (TPSA) is 64.3 Å². The molecule has 0 bridgehead atoms. The molecule has 0 fully saturated rings. The average molecular weight is 313 g/mol. The fourth-order valence-corrected chi connectivity index (χ4v) is 1.93. The molecule has 3 N–H and O–H groups in total. The van der Waals surface area contributed by atoms with Gasteiger partial charge in [0.1, 0.15) is 5.75 Å². The van der Waals surface area contributed by atoms with Crippen LogP contribution in [-0.2, 0) is 4.79 Å². The van der Waals surface area contributed by atoms with E-state index < -0.39 is 6.10 Å². The van der Waals surface area contributed by atoms with Crippen LogP contribution in [0.15, 0.2) is 18.2 Å². The monoisotopic (exact) mass is 312 g/mol. The number of amides is 1. The van der Waals surface area contributed by atoms with Crippen molar-refractivity contribution in [1.29, 1.82) is 0 Å². The van der Waals surface area contributed by atoms with Gasteiger partial charge in [-0.2, -0.15) is 0 Å². The molecule has 0 aliphatic rings. The van der Waals surface area contributed by atoms with E-state index in [-0.39, 0.29) is 17.5 Å². The summed E-state index contributed by atoms with van der Waals surface area (Å²) in [7, 11) is 0. The lowest BCUT2D eigenvalue weighted by molar-refractivity contribution is -0.129. The first kappa shape index (κ1) is 17.8. The van der Waals surface area contributed by atoms with Crippen molar-refractivity contribution in [3.05, 3.63) is 28.8 Å². The average Bonchev–Trinajstić information content (AvgIpc) is 2.40. The van der Waals surface area contributed by atoms with Crippen molar-refractivity contribution in [3.8, 4) is 5.75 Å². The van der Waals surface area contributed by atoms with Crippen molar-refractivity contribution in [3.63, 3.8) is 0 Å². The third kappa shape index (κ3) is 5.21. The number of carbonyl (C=O) groups excluding carboxylic acids is 1. The van der Waals surface area contributed by atoms with Gasteiger partial charge < -0.3 is 15.8 Å². The number of hydrogen-bond donors (Lipinski definition) is 2. The maximum atomic E-state index is 12.2. The highest BCUT2D eigenvalue weighted by Gasteiger charge is 2.23. The first-order chi connectivity index (χ1) is 9.66. The fraction of sp³-hybridized carbons (Fsp3) is 0.562. The van der Waals surface area contributed by atoms with E-state index >= 15 is 0 Å². The summed E-state index contributed by atoms with van der Waals surface area (Å²) < 4.78 is 5.76. The summed E-state index contributed by atoms with van der Waals surface area (Å²) in [4.78, 5) is 12.2. The molecule has 0 heterocycles. The lowest BCUT2D eigenvalue weighted by Gasteiger charge is -2.27. The molecule has 1 amide bonds. The van der Waals surface area contributed by atoms with Gasteiger partial charge in [-0.1, -0.05) is 18.5 Å². The summed E-state index contributed by atoms with van der Waals surface area (Å²) >= 11 is 5.98. The molecular weight excluding hydrogens is 288 g/mol. The first-order valence-electron chi connectivity index (χ1n) is 7.20. The van der Waals surface area contributed by atoms with Crippen molar-refractivity contribution in [2.45, 2.75) is 58.7 Å². The summed E-state index contributed by atoms with van der Waals surface area (Å²) in [6, 6.07) is 5.02. The molecule has 4 nitrogen and oxygen atoms in total. The molecule has 21 heavy (non-hydrogen) atoms. The second-order valence-corrected chi connectivity index (χ2v) is 6.39. The van der Waals surface area contributed by atoms with Crippen LogP contribution < -0.4 is 15.8 Å². The predicted octanol–water partition coefficient (Wildman–Crippen LogP) is 3.43. The van der Waals surface area contributed by atoms with Crippen LogP contribution in [0.1, 0.15) is 52.6 Å². The van der Waals surface area contributed by atoms with Gasteiger partial charge in [0.15, 0.2) is 6.10 Å². The highest BCUT2D eigenvalue weighted by atomic mass is 35.5.